The molecular formula is C13H27NOS. The summed E-state index contributed by atoms with van der Waals surface area (Å²) in [4.78, 5) is 0. The molecule has 0 radical (unpaired) electrons. The third kappa shape index (κ3) is 4.64. The average molecular weight is 245 g/mol. The molecule has 1 fully saturated rings. The van der Waals surface area contributed by atoms with Gasteiger partial charge in [0.15, 0.2) is 0 Å². The van der Waals surface area contributed by atoms with Crippen LogP contribution >= 0.6 is 11.8 Å². The summed E-state index contributed by atoms with van der Waals surface area (Å²) in [6.45, 7) is 4.73. The van der Waals surface area contributed by atoms with Gasteiger partial charge in [-0.3, -0.25) is 0 Å². The molecule has 0 bridgehead atoms. The maximum Gasteiger partial charge on any atom is 0.0565 e. The molecule has 0 spiro atoms. The highest BCUT2D eigenvalue weighted by Gasteiger charge is 2.25. The van der Waals surface area contributed by atoms with Crippen LogP contribution in [0.2, 0.25) is 0 Å². The van der Waals surface area contributed by atoms with Gasteiger partial charge in [-0.25, -0.2) is 0 Å². The molecule has 2 nitrogen and oxygen atoms in total. The SMILES string of the molecule is CCCC(N)C(CO)SC1CCCC(C)C1. The van der Waals surface area contributed by atoms with Crippen molar-refractivity contribution in [3.05, 3.63) is 0 Å². The van der Waals surface area contributed by atoms with Crippen molar-refractivity contribution in [2.24, 2.45) is 11.7 Å². The standard InChI is InChI=1S/C13H27NOS/c1-3-5-12(14)13(9-15)16-11-7-4-6-10(2)8-11/h10-13,15H,3-9,14H2,1-2H3. The van der Waals surface area contributed by atoms with Crippen LogP contribution in [0.3, 0.4) is 0 Å². The third-order valence-corrected chi connectivity index (χ3v) is 5.20. The molecule has 3 heteroatoms. The Morgan fingerprint density at radius 1 is 1.44 bits per heavy atom. The van der Waals surface area contributed by atoms with E-state index in [1.807, 2.05) is 11.8 Å². The Balaban J connectivity index is 2.36. The Labute approximate surface area is 104 Å². The van der Waals surface area contributed by atoms with Crippen LogP contribution in [0.4, 0.5) is 0 Å². The summed E-state index contributed by atoms with van der Waals surface area (Å²) in [6, 6.07) is 0.164. The van der Waals surface area contributed by atoms with E-state index in [1.165, 1.54) is 25.7 Å². The van der Waals surface area contributed by atoms with Crippen LogP contribution in [0.5, 0.6) is 0 Å². The maximum absolute atomic E-state index is 9.42. The van der Waals surface area contributed by atoms with Crippen molar-refractivity contribution >= 4 is 11.8 Å². The highest BCUT2D eigenvalue weighted by atomic mass is 32.2. The number of aliphatic hydroxyl groups is 1. The van der Waals surface area contributed by atoms with Gasteiger partial charge in [0, 0.05) is 16.5 Å². The van der Waals surface area contributed by atoms with Gasteiger partial charge in [-0.05, 0) is 25.2 Å². The molecular weight excluding hydrogens is 218 g/mol. The summed E-state index contributed by atoms with van der Waals surface area (Å²) < 4.78 is 0. The molecule has 0 aliphatic heterocycles. The lowest BCUT2D eigenvalue weighted by Gasteiger charge is -2.31. The summed E-state index contributed by atoms with van der Waals surface area (Å²) in [5, 5.41) is 10.4. The zero-order valence-corrected chi connectivity index (χ0v) is 11.5. The van der Waals surface area contributed by atoms with Crippen molar-refractivity contribution in [1.82, 2.24) is 0 Å². The Bertz CT molecular complexity index is 189. The minimum atomic E-state index is 0.164. The fourth-order valence-corrected chi connectivity index (χ4v) is 4.21. The summed E-state index contributed by atoms with van der Waals surface area (Å²) >= 11 is 1.94. The lowest BCUT2D eigenvalue weighted by Crippen LogP contribution is -2.36. The normalized spacial score (nSPS) is 30.0. The van der Waals surface area contributed by atoms with Gasteiger partial charge >= 0.3 is 0 Å². The second-order valence-electron chi connectivity index (χ2n) is 5.20. The van der Waals surface area contributed by atoms with Gasteiger partial charge in [0.2, 0.25) is 0 Å². The molecule has 1 aliphatic rings. The Kier molecular flexibility index (Phi) is 6.78. The minimum absolute atomic E-state index is 0.164. The molecule has 0 amide bonds. The molecule has 16 heavy (non-hydrogen) atoms. The first-order chi connectivity index (χ1) is 7.67. The first kappa shape index (κ1) is 14.3. The van der Waals surface area contributed by atoms with Gasteiger partial charge in [-0.15, -0.1) is 0 Å². The van der Waals surface area contributed by atoms with Crippen LogP contribution in [-0.4, -0.2) is 28.3 Å². The van der Waals surface area contributed by atoms with E-state index < -0.39 is 0 Å². The molecule has 3 N–H and O–H groups in total. The quantitative estimate of drug-likeness (QED) is 0.756. The largest absolute Gasteiger partial charge is 0.395 e. The van der Waals surface area contributed by atoms with Gasteiger partial charge in [-0.2, -0.15) is 11.8 Å². The van der Waals surface area contributed by atoms with Crippen LogP contribution in [0.1, 0.15) is 52.4 Å². The number of aliphatic hydroxyl groups excluding tert-OH is 1. The van der Waals surface area contributed by atoms with E-state index in [9.17, 15) is 5.11 Å². The van der Waals surface area contributed by atoms with Gasteiger partial charge in [-0.1, -0.05) is 33.1 Å². The zero-order chi connectivity index (χ0) is 12.0. The highest BCUT2D eigenvalue weighted by Crippen LogP contribution is 2.35. The van der Waals surface area contributed by atoms with Crippen molar-refractivity contribution in [1.29, 1.82) is 0 Å². The lowest BCUT2D eigenvalue weighted by molar-refractivity contribution is 0.278. The topological polar surface area (TPSA) is 46.2 Å². The minimum Gasteiger partial charge on any atom is -0.395 e. The zero-order valence-electron chi connectivity index (χ0n) is 10.7. The van der Waals surface area contributed by atoms with Crippen molar-refractivity contribution in [3.8, 4) is 0 Å². The van der Waals surface area contributed by atoms with Gasteiger partial charge in [0.1, 0.15) is 0 Å². The fourth-order valence-electron chi connectivity index (χ4n) is 2.55. The molecule has 1 aliphatic carbocycles. The molecule has 0 aromatic rings. The Morgan fingerprint density at radius 3 is 2.75 bits per heavy atom. The van der Waals surface area contributed by atoms with Crippen LogP contribution in [0, 0.1) is 5.92 Å². The van der Waals surface area contributed by atoms with E-state index in [-0.39, 0.29) is 17.9 Å². The predicted octanol–water partition coefficient (Wildman–Crippen LogP) is 2.79. The molecule has 4 unspecified atom stereocenters. The maximum atomic E-state index is 9.42. The third-order valence-electron chi connectivity index (χ3n) is 3.54. The summed E-state index contributed by atoms with van der Waals surface area (Å²) in [7, 11) is 0. The number of hydrogen-bond acceptors (Lipinski definition) is 3. The smallest absolute Gasteiger partial charge is 0.0565 e. The average Bonchev–Trinajstić information content (AvgIpc) is 2.26. The predicted molar refractivity (Wildman–Crippen MR) is 72.8 cm³/mol. The second kappa shape index (κ2) is 7.57. The van der Waals surface area contributed by atoms with Crippen LogP contribution in [0.25, 0.3) is 0 Å². The van der Waals surface area contributed by atoms with Gasteiger partial charge in [0.25, 0.3) is 0 Å². The molecule has 0 saturated heterocycles. The first-order valence-electron chi connectivity index (χ1n) is 6.69. The monoisotopic (exact) mass is 245 g/mol. The van der Waals surface area contributed by atoms with Crippen molar-refractivity contribution < 1.29 is 5.11 Å². The number of rotatable bonds is 6. The summed E-state index contributed by atoms with van der Waals surface area (Å²) in [5.41, 5.74) is 6.11. The molecule has 1 saturated carbocycles. The van der Waals surface area contributed by atoms with E-state index in [2.05, 4.69) is 13.8 Å². The molecule has 0 aromatic heterocycles. The number of thioether (sulfide) groups is 1. The van der Waals surface area contributed by atoms with Gasteiger partial charge in [0.05, 0.1) is 6.61 Å². The van der Waals surface area contributed by atoms with Crippen LogP contribution in [0.15, 0.2) is 0 Å². The van der Waals surface area contributed by atoms with E-state index >= 15 is 0 Å². The first-order valence-corrected chi connectivity index (χ1v) is 7.63. The molecule has 0 aromatic carbocycles. The van der Waals surface area contributed by atoms with Crippen molar-refractivity contribution in [2.75, 3.05) is 6.61 Å². The molecule has 0 heterocycles. The van der Waals surface area contributed by atoms with E-state index in [4.69, 9.17) is 5.73 Å². The van der Waals surface area contributed by atoms with Crippen LogP contribution in [-0.2, 0) is 0 Å². The van der Waals surface area contributed by atoms with E-state index in [0.29, 0.717) is 0 Å². The van der Waals surface area contributed by atoms with Crippen LogP contribution < -0.4 is 5.73 Å². The molecule has 1 rings (SSSR count). The van der Waals surface area contributed by atoms with Gasteiger partial charge < -0.3 is 10.8 Å². The summed E-state index contributed by atoms with van der Waals surface area (Å²) in [5.74, 6) is 0.855. The van der Waals surface area contributed by atoms with Crippen molar-refractivity contribution in [2.45, 2.75) is 68.9 Å². The number of hydrogen-bond donors (Lipinski definition) is 2. The number of nitrogens with two attached hydrogens (primary N) is 1. The second-order valence-corrected chi connectivity index (χ2v) is 6.75. The molecule has 4 atom stereocenters. The van der Waals surface area contributed by atoms with Crippen molar-refractivity contribution in [3.63, 3.8) is 0 Å². The van der Waals surface area contributed by atoms with E-state index in [0.717, 1.165) is 24.0 Å². The van der Waals surface area contributed by atoms with E-state index in [1.54, 1.807) is 0 Å². The molecule has 96 valence electrons. The highest BCUT2D eigenvalue weighted by molar-refractivity contribution is 8.00. The summed E-state index contributed by atoms with van der Waals surface area (Å²) in [6.07, 6.45) is 7.48. The fraction of sp³-hybridized carbons (Fsp3) is 1.00. The lowest BCUT2D eigenvalue weighted by atomic mass is 9.90. The Hall–Kier alpha value is 0.270. The Morgan fingerprint density at radius 2 is 2.19 bits per heavy atom.